The summed E-state index contributed by atoms with van der Waals surface area (Å²) in [5, 5.41) is 10.8. The highest BCUT2D eigenvalue weighted by Gasteiger charge is 2.16. The molecule has 0 aliphatic rings. The molecule has 0 unspecified atom stereocenters. The molecular weight excluding hydrogens is 215 g/mol. The predicted octanol–water partition coefficient (Wildman–Crippen LogP) is 1.44. The minimum Gasteiger partial charge on any atom is -0.319 e. The van der Waals surface area contributed by atoms with Crippen molar-refractivity contribution in [1.29, 1.82) is 0 Å². The van der Waals surface area contributed by atoms with Crippen LogP contribution in [0.15, 0.2) is 29.1 Å². The SMILES string of the molecule is O=c1[nH]c2ccccc2c(C[N+](=O)[O-])c1F. The van der Waals surface area contributed by atoms with Crippen LogP contribution >= 0.6 is 0 Å². The van der Waals surface area contributed by atoms with Gasteiger partial charge in [-0.3, -0.25) is 14.9 Å². The molecule has 0 atom stereocenters. The molecule has 2 aromatic rings. The molecule has 1 aromatic heterocycles. The number of nitro groups is 1. The van der Waals surface area contributed by atoms with Gasteiger partial charge in [0.25, 0.3) is 5.56 Å². The highest BCUT2D eigenvalue weighted by Crippen LogP contribution is 2.17. The Bertz CT molecular complexity index is 621. The number of fused-ring (bicyclic) bond motifs is 1. The zero-order valence-electron chi connectivity index (χ0n) is 8.07. The number of H-pyrrole nitrogens is 1. The molecule has 0 fully saturated rings. The summed E-state index contributed by atoms with van der Waals surface area (Å²) in [6.45, 7) is -0.698. The lowest BCUT2D eigenvalue weighted by Crippen LogP contribution is -2.16. The molecule has 0 radical (unpaired) electrons. The van der Waals surface area contributed by atoms with Crippen molar-refractivity contribution in [2.45, 2.75) is 6.54 Å². The maximum absolute atomic E-state index is 13.4. The number of rotatable bonds is 2. The van der Waals surface area contributed by atoms with Gasteiger partial charge >= 0.3 is 0 Å². The normalized spacial score (nSPS) is 10.6. The monoisotopic (exact) mass is 222 g/mol. The number of benzene rings is 1. The molecule has 2 rings (SSSR count). The van der Waals surface area contributed by atoms with Crippen molar-refractivity contribution in [1.82, 2.24) is 4.98 Å². The summed E-state index contributed by atoms with van der Waals surface area (Å²) in [5.41, 5.74) is -0.717. The Kier molecular flexibility index (Phi) is 2.40. The largest absolute Gasteiger partial charge is 0.319 e. The number of halogens is 1. The molecule has 5 nitrogen and oxygen atoms in total. The Balaban J connectivity index is 2.81. The third-order valence-electron chi connectivity index (χ3n) is 2.25. The molecule has 0 aliphatic heterocycles. The second-order valence-corrected chi connectivity index (χ2v) is 3.28. The molecule has 82 valence electrons. The van der Waals surface area contributed by atoms with Gasteiger partial charge in [0.05, 0.1) is 5.56 Å². The third-order valence-corrected chi connectivity index (χ3v) is 2.25. The summed E-state index contributed by atoms with van der Waals surface area (Å²) in [6, 6.07) is 6.39. The molecule has 1 heterocycles. The van der Waals surface area contributed by atoms with Crippen LogP contribution in [0.1, 0.15) is 5.56 Å². The van der Waals surface area contributed by atoms with E-state index in [1.165, 1.54) is 6.07 Å². The van der Waals surface area contributed by atoms with Crippen molar-refractivity contribution < 1.29 is 9.31 Å². The average molecular weight is 222 g/mol. The highest BCUT2D eigenvalue weighted by atomic mass is 19.1. The summed E-state index contributed by atoms with van der Waals surface area (Å²) in [5.74, 6) is -1.09. The van der Waals surface area contributed by atoms with Crippen LogP contribution in [0.2, 0.25) is 0 Å². The average Bonchev–Trinajstić information content (AvgIpc) is 2.24. The van der Waals surface area contributed by atoms with Crippen LogP contribution in [0.3, 0.4) is 0 Å². The second kappa shape index (κ2) is 3.73. The van der Waals surface area contributed by atoms with Gasteiger partial charge in [-0.15, -0.1) is 0 Å². The summed E-state index contributed by atoms with van der Waals surface area (Å²) in [7, 11) is 0. The first-order chi connectivity index (χ1) is 7.59. The standard InChI is InChI=1S/C10H7FN2O3/c11-9-7(5-13(15)16)6-3-1-2-4-8(6)12-10(9)14/h1-4H,5H2,(H,12,14). The zero-order valence-corrected chi connectivity index (χ0v) is 8.07. The van der Waals surface area contributed by atoms with E-state index in [-0.39, 0.29) is 5.56 Å². The fourth-order valence-corrected chi connectivity index (χ4v) is 1.57. The highest BCUT2D eigenvalue weighted by molar-refractivity contribution is 5.81. The van der Waals surface area contributed by atoms with Crippen LogP contribution in [0.5, 0.6) is 0 Å². The van der Waals surface area contributed by atoms with Gasteiger partial charge in [0.1, 0.15) is 0 Å². The van der Waals surface area contributed by atoms with Crippen LogP contribution in [0.25, 0.3) is 10.9 Å². The molecule has 0 aliphatic carbocycles. The van der Waals surface area contributed by atoms with Gasteiger partial charge in [-0.1, -0.05) is 18.2 Å². The zero-order chi connectivity index (χ0) is 11.7. The van der Waals surface area contributed by atoms with E-state index in [4.69, 9.17) is 0 Å². The van der Waals surface area contributed by atoms with Gasteiger partial charge < -0.3 is 4.98 Å². The van der Waals surface area contributed by atoms with E-state index in [1.54, 1.807) is 18.2 Å². The van der Waals surface area contributed by atoms with Crippen LogP contribution in [-0.4, -0.2) is 9.91 Å². The number of para-hydroxylation sites is 1. The van der Waals surface area contributed by atoms with Crippen molar-refractivity contribution >= 4 is 10.9 Å². The topological polar surface area (TPSA) is 76.0 Å². The Labute approximate surface area is 88.7 Å². The molecule has 1 N–H and O–H groups in total. The number of nitrogens with zero attached hydrogens (tertiary/aromatic N) is 1. The van der Waals surface area contributed by atoms with E-state index >= 15 is 0 Å². The van der Waals surface area contributed by atoms with Crippen LogP contribution in [0, 0.1) is 15.9 Å². The minimum absolute atomic E-state index is 0.177. The number of nitrogens with one attached hydrogen (secondary N) is 1. The molecule has 0 saturated carbocycles. The fraction of sp³-hybridized carbons (Fsp3) is 0.100. The summed E-state index contributed by atoms with van der Waals surface area (Å²) in [4.78, 5) is 23.2. The summed E-state index contributed by atoms with van der Waals surface area (Å²) in [6.07, 6.45) is 0. The van der Waals surface area contributed by atoms with E-state index in [9.17, 15) is 19.3 Å². The lowest BCUT2D eigenvalue weighted by atomic mass is 10.1. The molecule has 0 bridgehead atoms. The fourth-order valence-electron chi connectivity index (χ4n) is 1.57. The Hall–Kier alpha value is -2.24. The second-order valence-electron chi connectivity index (χ2n) is 3.28. The number of hydrogen-bond donors (Lipinski definition) is 1. The first-order valence-electron chi connectivity index (χ1n) is 4.51. The van der Waals surface area contributed by atoms with Crippen molar-refractivity contribution in [3.63, 3.8) is 0 Å². The number of hydrogen-bond acceptors (Lipinski definition) is 3. The van der Waals surface area contributed by atoms with E-state index in [2.05, 4.69) is 4.98 Å². The van der Waals surface area contributed by atoms with E-state index in [0.29, 0.717) is 10.9 Å². The Morgan fingerprint density at radius 2 is 2.06 bits per heavy atom. The van der Waals surface area contributed by atoms with Crippen LogP contribution in [0.4, 0.5) is 4.39 Å². The lowest BCUT2D eigenvalue weighted by Gasteiger charge is -2.03. The molecule has 0 amide bonds. The van der Waals surface area contributed by atoms with Crippen LogP contribution < -0.4 is 5.56 Å². The summed E-state index contributed by atoms with van der Waals surface area (Å²) < 4.78 is 13.4. The maximum atomic E-state index is 13.4. The first kappa shape index (κ1) is 10.3. The Morgan fingerprint density at radius 3 is 2.75 bits per heavy atom. The molecule has 0 spiro atoms. The quantitative estimate of drug-likeness (QED) is 0.617. The van der Waals surface area contributed by atoms with Crippen molar-refractivity contribution in [3.05, 3.63) is 56.1 Å². The van der Waals surface area contributed by atoms with Gasteiger partial charge in [-0.25, -0.2) is 4.39 Å². The molecule has 6 heteroatoms. The molecule has 1 aromatic carbocycles. The van der Waals surface area contributed by atoms with E-state index in [0.717, 1.165) is 0 Å². The maximum Gasteiger partial charge on any atom is 0.284 e. The molecule has 0 saturated heterocycles. The third kappa shape index (κ3) is 1.65. The number of aromatic nitrogens is 1. The Morgan fingerprint density at radius 1 is 1.38 bits per heavy atom. The van der Waals surface area contributed by atoms with Gasteiger partial charge in [-0.2, -0.15) is 0 Å². The smallest absolute Gasteiger partial charge is 0.284 e. The predicted molar refractivity (Wildman–Crippen MR) is 55.2 cm³/mol. The van der Waals surface area contributed by atoms with E-state index in [1.807, 2.05) is 0 Å². The van der Waals surface area contributed by atoms with E-state index < -0.39 is 22.8 Å². The van der Waals surface area contributed by atoms with Gasteiger partial charge in [0.15, 0.2) is 5.82 Å². The number of pyridine rings is 1. The minimum atomic E-state index is -1.09. The van der Waals surface area contributed by atoms with Gasteiger partial charge in [0, 0.05) is 15.8 Å². The van der Waals surface area contributed by atoms with Crippen LogP contribution in [-0.2, 0) is 6.54 Å². The van der Waals surface area contributed by atoms with Gasteiger partial charge in [-0.05, 0) is 6.07 Å². The lowest BCUT2D eigenvalue weighted by molar-refractivity contribution is -0.496. The summed E-state index contributed by atoms with van der Waals surface area (Å²) >= 11 is 0. The first-order valence-corrected chi connectivity index (χ1v) is 4.51. The van der Waals surface area contributed by atoms with Crippen molar-refractivity contribution in [2.24, 2.45) is 0 Å². The molecular formula is C10H7FN2O3. The van der Waals surface area contributed by atoms with Gasteiger partial charge in [0.2, 0.25) is 6.54 Å². The van der Waals surface area contributed by atoms with Crippen molar-refractivity contribution in [2.75, 3.05) is 0 Å². The number of aromatic amines is 1. The van der Waals surface area contributed by atoms with Crippen molar-refractivity contribution in [3.8, 4) is 0 Å². The molecule has 16 heavy (non-hydrogen) atoms.